The summed E-state index contributed by atoms with van der Waals surface area (Å²) in [5, 5.41) is 11.8. The molecule has 0 fully saturated rings. The van der Waals surface area contributed by atoms with E-state index in [1.165, 1.54) is 39.6 Å². The molecule has 3 nitrogen and oxygen atoms in total. The summed E-state index contributed by atoms with van der Waals surface area (Å²) in [6.45, 7) is 10.7. The number of fused-ring (bicyclic) bond motifs is 3. The Morgan fingerprint density at radius 3 is 2.09 bits per heavy atom. The zero-order valence-corrected chi connectivity index (χ0v) is 20.1. The van der Waals surface area contributed by atoms with E-state index in [4.69, 9.17) is 10.2 Å². The number of nitrogens with zero attached hydrogens (tertiary/aromatic N) is 3. The van der Waals surface area contributed by atoms with Crippen LogP contribution in [0.2, 0.25) is 0 Å². The average Bonchev–Trinajstić information content (AvgIpc) is 3.25. The number of aryl methyl sites for hydroxylation is 3. The summed E-state index contributed by atoms with van der Waals surface area (Å²) in [5.41, 5.74) is 9.03. The first kappa shape index (κ1) is 22.5. The molecule has 0 amide bonds. The minimum atomic E-state index is 0.908. The van der Waals surface area contributed by atoms with Crippen molar-refractivity contribution < 1.29 is 0 Å². The van der Waals surface area contributed by atoms with E-state index < -0.39 is 0 Å². The minimum Gasteiger partial charge on any atom is -0.150 e. The van der Waals surface area contributed by atoms with Gasteiger partial charge in [-0.2, -0.15) is 4.80 Å². The van der Waals surface area contributed by atoms with Crippen LogP contribution in [-0.2, 0) is 0 Å². The van der Waals surface area contributed by atoms with Gasteiger partial charge < -0.3 is 0 Å². The summed E-state index contributed by atoms with van der Waals surface area (Å²) in [6, 6.07) is 25.3. The molecule has 4 aromatic carbocycles. The van der Waals surface area contributed by atoms with Crippen molar-refractivity contribution in [1.82, 2.24) is 15.0 Å². The summed E-state index contributed by atoms with van der Waals surface area (Å²) in [4.78, 5) is 1.74. The van der Waals surface area contributed by atoms with E-state index in [2.05, 4.69) is 101 Å². The van der Waals surface area contributed by atoms with E-state index in [1.807, 2.05) is 18.2 Å². The summed E-state index contributed by atoms with van der Waals surface area (Å²) < 4.78 is 0. The number of benzene rings is 4. The van der Waals surface area contributed by atoms with Crippen molar-refractivity contribution in [1.29, 1.82) is 0 Å². The van der Waals surface area contributed by atoms with Gasteiger partial charge in [-0.15, -0.1) is 10.2 Å². The Balaban J connectivity index is 0.000000821. The molecule has 0 aliphatic rings. The van der Waals surface area contributed by atoms with E-state index in [-0.39, 0.29) is 0 Å². The van der Waals surface area contributed by atoms with Crippen LogP contribution in [0.4, 0.5) is 0 Å². The van der Waals surface area contributed by atoms with Gasteiger partial charge in [0.25, 0.3) is 0 Å². The highest BCUT2D eigenvalue weighted by Gasteiger charge is 2.09. The monoisotopic (exact) mass is 433 g/mol. The highest BCUT2D eigenvalue weighted by atomic mass is 15.5. The van der Waals surface area contributed by atoms with Crippen molar-refractivity contribution in [3.05, 3.63) is 101 Å². The van der Waals surface area contributed by atoms with Crippen molar-refractivity contribution >= 4 is 34.0 Å². The number of hydrogen-bond acceptors (Lipinski definition) is 2. The van der Waals surface area contributed by atoms with Gasteiger partial charge in [0.05, 0.1) is 5.69 Å². The van der Waals surface area contributed by atoms with Crippen molar-refractivity contribution in [3.63, 3.8) is 0 Å². The van der Waals surface area contributed by atoms with Crippen LogP contribution in [0.1, 0.15) is 48.1 Å². The predicted octanol–water partition coefficient (Wildman–Crippen LogP) is 8.09. The quantitative estimate of drug-likeness (QED) is 0.269. The molecule has 0 aliphatic carbocycles. The van der Waals surface area contributed by atoms with Crippen molar-refractivity contribution in [3.8, 4) is 5.69 Å². The second-order valence-electron chi connectivity index (χ2n) is 8.59. The molecule has 0 saturated heterocycles. The summed E-state index contributed by atoms with van der Waals surface area (Å²) in [7, 11) is 0. The molecule has 5 rings (SSSR count). The fourth-order valence-corrected chi connectivity index (χ4v) is 3.93. The zero-order chi connectivity index (χ0) is 23.4. The maximum absolute atomic E-state index is 4.78. The summed E-state index contributed by atoms with van der Waals surface area (Å²) in [5.74, 6) is 0. The highest BCUT2D eigenvalue weighted by molar-refractivity contribution is 6.03. The molecule has 5 aromatic rings. The third-order valence-corrected chi connectivity index (χ3v) is 5.63. The molecule has 0 saturated carbocycles. The van der Waals surface area contributed by atoms with Crippen LogP contribution in [0.25, 0.3) is 39.6 Å². The third-order valence-electron chi connectivity index (χ3n) is 5.63. The maximum Gasteiger partial charge on any atom is 0.121 e. The first-order valence-corrected chi connectivity index (χ1v) is 11.6. The molecule has 0 spiro atoms. The minimum absolute atomic E-state index is 0.908. The van der Waals surface area contributed by atoms with Gasteiger partial charge in [-0.3, -0.25) is 0 Å². The van der Waals surface area contributed by atoms with E-state index in [0.29, 0.717) is 0 Å². The lowest BCUT2D eigenvalue weighted by molar-refractivity contribution is 0.765. The van der Waals surface area contributed by atoms with Crippen LogP contribution >= 0.6 is 0 Å². The molecule has 166 valence electrons. The van der Waals surface area contributed by atoms with Gasteiger partial charge in [0.15, 0.2) is 0 Å². The molecule has 0 radical (unpaired) electrons. The van der Waals surface area contributed by atoms with Gasteiger partial charge >= 0.3 is 0 Å². The van der Waals surface area contributed by atoms with Crippen molar-refractivity contribution in [2.45, 2.75) is 41.0 Å². The standard InChI is InChI=1S/C27H23N3.C3H8/c1-18-8-9-21(19(2)16-18)10-11-22-12-14-24(17-20(22)3)30-28-26-15-13-23-6-4-5-7-25(23)27(26)29-30;1-3-2/h4-17H,1-3H3;3H2,1-2H3. The van der Waals surface area contributed by atoms with Gasteiger partial charge in [0, 0.05) is 5.39 Å². The predicted molar refractivity (Wildman–Crippen MR) is 142 cm³/mol. The summed E-state index contributed by atoms with van der Waals surface area (Å²) in [6.07, 6.45) is 5.61. The van der Waals surface area contributed by atoms with Crippen LogP contribution < -0.4 is 0 Å². The van der Waals surface area contributed by atoms with E-state index in [1.54, 1.807) is 4.80 Å². The Morgan fingerprint density at radius 1 is 0.727 bits per heavy atom. The van der Waals surface area contributed by atoms with Crippen LogP contribution in [0, 0.1) is 20.8 Å². The average molecular weight is 434 g/mol. The van der Waals surface area contributed by atoms with Crippen molar-refractivity contribution in [2.75, 3.05) is 0 Å². The fraction of sp³-hybridized carbons (Fsp3) is 0.200. The molecule has 0 aliphatic heterocycles. The fourth-order valence-electron chi connectivity index (χ4n) is 3.93. The van der Waals surface area contributed by atoms with Gasteiger partial charge in [-0.25, -0.2) is 0 Å². The molecule has 1 aromatic heterocycles. The number of rotatable bonds is 3. The topological polar surface area (TPSA) is 30.7 Å². The Hall–Kier alpha value is -3.72. The number of aromatic nitrogens is 3. The molecule has 0 atom stereocenters. The Labute approximate surface area is 196 Å². The highest BCUT2D eigenvalue weighted by Crippen LogP contribution is 2.24. The molecule has 1 heterocycles. The maximum atomic E-state index is 4.78. The molecule has 0 N–H and O–H groups in total. The van der Waals surface area contributed by atoms with Gasteiger partial charge in [0.1, 0.15) is 11.0 Å². The lowest BCUT2D eigenvalue weighted by atomic mass is 10.0. The van der Waals surface area contributed by atoms with Crippen LogP contribution in [0.5, 0.6) is 0 Å². The second kappa shape index (κ2) is 9.83. The Kier molecular flexibility index (Phi) is 6.69. The lowest BCUT2D eigenvalue weighted by Gasteiger charge is -2.06. The summed E-state index contributed by atoms with van der Waals surface area (Å²) >= 11 is 0. The Morgan fingerprint density at radius 2 is 1.39 bits per heavy atom. The second-order valence-corrected chi connectivity index (χ2v) is 8.59. The van der Waals surface area contributed by atoms with E-state index in [9.17, 15) is 0 Å². The smallest absolute Gasteiger partial charge is 0.121 e. The lowest BCUT2D eigenvalue weighted by Crippen LogP contribution is -1.99. The van der Waals surface area contributed by atoms with Gasteiger partial charge in [-0.05, 0) is 66.6 Å². The van der Waals surface area contributed by atoms with Gasteiger partial charge in [0.2, 0.25) is 0 Å². The molecule has 0 bridgehead atoms. The molecular weight excluding hydrogens is 402 g/mol. The molecule has 3 heteroatoms. The normalized spacial score (nSPS) is 11.2. The third kappa shape index (κ3) is 4.88. The first-order valence-electron chi connectivity index (χ1n) is 11.6. The molecular formula is C30H31N3. The van der Waals surface area contributed by atoms with Crippen LogP contribution in [0.15, 0.2) is 72.8 Å². The van der Waals surface area contributed by atoms with Crippen molar-refractivity contribution in [2.24, 2.45) is 0 Å². The first-order chi connectivity index (χ1) is 16.0. The molecule has 33 heavy (non-hydrogen) atoms. The van der Waals surface area contributed by atoms with Crippen LogP contribution in [0.3, 0.4) is 0 Å². The zero-order valence-electron chi connectivity index (χ0n) is 20.1. The van der Waals surface area contributed by atoms with E-state index in [0.717, 1.165) is 22.1 Å². The largest absolute Gasteiger partial charge is 0.150 e. The van der Waals surface area contributed by atoms with E-state index >= 15 is 0 Å². The number of hydrogen-bond donors (Lipinski definition) is 0. The van der Waals surface area contributed by atoms with Gasteiger partial charge in [-0.1, -0.05) is 92.6 Å². The SMILES string of the molecule is CCC.Cc1ccc(C=Cc2ccc(-n3nc4ccc5ccccc5c4n3)cc2C)c(C)c1. The van der Waals surface area contributed by atoms with Crippen LogP contribution in [-0.4, -0.2) is 15.0 Å². The molecule has 0 unspecified atom stereocenters. The Bertz CT molecular complexity index is 1440.